The molecular formula is C16H12F2OS. The van der Waals surface area contributed by atoms with Crippen LogP contribution in [-0.4, -0.2) is 5.11 Å². The fourth-order valence-electron chi connectivity index (χ4n) is 2.29. The third kappa shape index (κ3) is 2.32. The summed E-state index contributed by atoms with van der Waals surface area (Å²) >= 11 is 1.51. The standard InChI is InChI=1S/C16H12F2OS/c17-13-5-3-6-14(18)11(13)8-15(19)12-9-20-16-7-2-1-4-10(12)16/h1-7,9,15,19H,8H2. The van der Waals surface area contributed by atoms with E-state index in [0.29, 0.717) is 5.56 Å². The van der Waals surface area contributed by atoms with Crippen molar-refractivity contribution in [3.05, 3.63) is 70.6 Å². The largest absolute Gasteiger partial charge is 0.388 e. The highest BCUT2D eigenvalue weighted by Gasteiger charge is 2.18. The molecule has 1 N–H and O–H groups in total. The molecule has 0 saturated heterocycles. The van der Waals surface area contributed by atoms with Crippen LogP contribution in [0.1, 0.15) is 17.2 Å². The van der Waals surface area contributed by atoms with Crippen molar-refractivity contribution in [3.63, 3.8) is 0 Å². The second-order valence-electron chi connectivity index (χ2n) is 4.61. The molecule has 0 aliphatic rings. The second kappa shape index (κ2) is 5.31. The topological polar surface area (TPSA) is 20.2 Å². The third-order valence-corrected chi connectivity index (χ3v) is 4.31. The fraction of sp³-hybridized carbons (Fsp3) is 0.125. The van der Waals surface area contributed by atoms with Crippen LogP contribution >= 0.6 is 11.3 Å². The van der Waals surface area contributed by atoms with Gasteiger partial charge in [0.25, 0.3) is 0 Å². The maximum Gasteiger partial charge on any atom is 0.129 e. The summed E-state index contributed by atoms with van der Waals surface area (Å²) in [7, 11) is 0. The summed E-state index contributed by atoms with van der Waals surface area (Å²) in [6.45, 7) is 0. The molecule has 0 spiro atoms. The van der Waals surface area contributed by atoms with Gasteiger partial charge in [0, 0.05) is 16.7 Å². The van der Waals surface area contributed by atoms with Crippen molar-refractivity contribution in [2.45, 2.75) is 12.5 Å². The highest BCUT2D eigenvalue weighted by molar-refractivity contribution is 7.17. The van der Waals surface area contributed by atoms with E-state index in [1.54, 1.807) is 0 Å². The Morgan fingerprint density at radius 2 is 1.70 bits per heavy atom. The Morgan fingerprint density at radius 1 is 1.00 bits per heavy atom. The Balaban J connectivity index is 1.95. The molecule has 1 atom stereocenters. The summed E-state index contributed by atoms with van der Waals surface area (Å²) in [6, 6.07) is 11.4. The van der Waals surface area contributed by atoms with E-state index in [1.807, 2.05) is 29.6 Å². The lowest BCUT2D eigenvalue weighted by Gasteiger charge is -2.11. The molecule has 1 nitrogen and oxygen atoms in total. The number of thiophene rings is 1. The van der Waals surface area contributed by atoms with Crippen molar-refractivity contribution in [1.82, 2.24) is 0 Å². The first kappa shape index (κ1) is 13.2. The predicted molar refractivity (Wildman–Crippen MR) is 76.8 cm³/mol. The lowest BCUT2D eigenvalue weighted by Crippen LogP contribution is -2.05. The molecule has 3 rings (SSSR count). The van der Waals surface area contributed by atoms with Gasteiger partial charge in [-0.05, 0) is 34.5 Å². The maximum atomic E-state index is 13.6. The highest BCUT2D eigenvalue weighted by atomic mass is 32.1. The van der Waals surface area contributed by atoms with Gasteiger partial charge in [-0.15, -0.1) is 11.3 Å². The molecule has 0 amide bonds. The number of aliphatic hydroxyl groups excluding tert-OH is 1. The van der Waals surface area contributed by atoms with E-state index in [9.17, 15) is 13.9 Å². The molecule has 4 heteroatoms. The average molecular weight is 290 g/mol. The van der Waals surface area contributed by atoms with Gasteiger partial charge < -0.3 is 5.11 Å². The number of hydrogen-bond donors (Lipinski definition) is 1. The van der Waals surface area contributed by atoms with Crippen molar-refractivity contribution in [2.75, 3.05) is 0 Å². The van der Waals surface area contributed by atoms with Crippen LogP contribution in [0.3, 0.4) is 0 Å². The minimum atomic E-state index is -0.919. The predicted octanol–water partition coefficient (Wildman–Crippen LogP) is 4.46. The van der Waals surface area contributed by atoms with Crippen LogP contribution < -0.4 is 0 Å². The summed E-state index contributed by atoms with van der Waals surface area (Å²) in [5, 5.41) is 13.1. The zero-order valence-corrected chi connectivity index (χ0v) is 11.3. The van der Waals surface area contributed by atoms with Gasteiger partial charge >= 0.3 is 0 Å². The normalized spacial score (nSPS) is 12.8. The monoisotopic (exact) mass is 290 g/mol. The van der Waals surface area contributed by atoms with Gasteiger partial charge in [0.2, 0.25) is 0 Å². The molecule has 0 aliphatic carbocycles. The molecule has 1 unspecified atom stereocenters. The Morgan fingerprint density at radius 3 is 2.45 bits per heavy atom. The number of aliphatic hydroxyl groups is 1. The molecule has 0 bridgehead atoms. The molecule has 0 radical (unpaired) electrons. The van der Waals surface area contributed by atoms with Gasteiger partial charge in [0.05, 0.1) is 6.10 Å². The van der Waals surface area contributed by atoms with E-state index in [1.165, 1.54) is 29.5 Å². The van der Waals surface area contributed by atoms with Gasteiger partial charge in [-0.2, -0.15) is 0 Å². The van der Waals surface area contributed by atoms with Gasteiger partial charge in [-0.3, -0.25) is 0 Å². The van der Waals surface area contributed by atoms with Crippen molar-refractivity contribution < 1.29 is 13.9 Å². The first-order valence-electron chi connectivity index (χ1n) is 6.24. The van der Waals surface area contributed by atoms with Crippen LogP contribution in [0.5, 0.6) is 0 Å². The number of hydrogen-bond acceptors (Lipinski definition) is 2. The minimum Gasteiger partial charge on any atom is -0.388 e. The van der Waals surface area contributed by atoms with Crippen LogP contribution in [0, 0.1) is 11.6 Å². The third-order valence-electron chi connectivity index (χ3n) is 3.33. The summed E-state index contributed by atoms with van der Waals surface area (Å²) in [5.41, 5.74) is 0.642. The van der Waals surface area contributed by atoms with Gasteiger partial charge in [-0.25, -0.2) is 8.78 Å². The van der Waals surface area contributed by atoms with E-state index in [4.69, 9.17) is 0 Å². The Kier molecular flexibility index (Phi) is 3.51. The molecule has 0 saturated carbocycles. The van der Waals surface area contributed by atoms with E-state index in [2.05, 4.69) is 0 Å². The maximum absolute atomic E-state index is 13.6. The molecular weight excluding hydrogens is 278 g/mol. The lowest BCUT2D eigenvalue weighted by atomic mass is 10.00. The molecule has 3 aromatic rings. The summed E-state index contributed by atoms with van der Waals surface area (Å²) < 4.78 is 28.3. The number of halogens is 2. The summed E-state index contributed by atoms with van der Waals surface area (Å²) in [4.78, 5) is 0. The van der Waals surface area contributed by atoms with E-state index in [0.717, 1.165) is 10.1 Å². The lowest BCUT2D eigenvalue weighted by molar-refractivity contribution is 0.177. The van der Waals surface area contributed by atoms with Gasteiger partial charge in [-0.1, -0.05) is 24.3 Å². The smallest absolute Gasteiger partial charge is 0.129 e. The summed E-state index contributed by atoms with van der Waals surface area (Å²) in [6.07, 6.45) is -0.989. The van der Waals surface area contributed by atoms with Crippen molar-refractivity contribution in [2.24, 2.45) is 0 Å². The average Bonchev–Trinajstić information content (AvgIpc) is 2.87. The molecule has 1 heterocycles. The second-order valence-corrected chi connectivity index (χ2v) is 5.52. The fourth-order valence-corrected chi connectivity index (χ4v) is 3.30. The van der Waals surface area contributed by atoms with Crippen molar-refractivity contribution in [3.8, 4) is 0 Å². The zero-order chi connectivity index (χ0) is 14.1. The molecule has 0 aliphatic heterocycles. The van der Waals surface area contributed by atoms with Crippen LogP contribution in [0.15, 0.2) is 47.8 Å². The SMILES string of the molecule is OC(Cc1c(F)cccc1F)c1csc2ccccc12. The Labute approximate surface area is 119 Å². The van der Waals surface area contributed by atoms with Crippen LogP contribution in [0.2, 0.25) is 0 Å². The van der Waals surface area contributed by atoms with Gasteiger partial charge in [0.1, 0.15) is 11.6 Å². The van der Waals surface area contributed by atoms with Crippen LogP contribution in [0.4, 0.5) is 8.78 Å². The minimum absolute atomic E-state index is 0.0702. The van der Waals surface area contributed by atoms with Crippen molar-refractivity contribution >= 4 is 21.4 Å². The molecule has 2 aromatic carbocycles. The summed E-state index contributed by atoms with van der Waals surface area (Å²) in [5.74, 6) is -1.24. The molecule has 1 aromatic heterocycles. The van der Waals surface area contributed by atoms with E-state index >= 15 is 0 Å². The number of rotatable bonds is 3. The Hall–Kier alpha value is -1.78. The van der Waals surface area contributed by atoms with E-state index < -0.39 is 17.7 Å². The number of fused-ring (bicyclic) bond motifs is 1. The highest BCUT2D eigenvalue weighted by Crippen LogP contribution is 2.32. The van der Waals surface area contributed by atoms with Crippen LogP contribution in [0.25, 0.3) is 10.1 Å². The quantitative estimate of drug-likeness (QED) is 0.755. The van der Waals surface area contributed by atoms with E-state index in [-0.39, 0.29) is 12.0 Å². The molecule has 0 fully saturated rings. The molecule has 20 heavy (non-hydrogen) atoms. The zero-order valence-electron chi connectivity index (χ0n) is 10.5. The van der Waals surface area contributed by atoms with Gasteiger partial charge in [0.15, 0.2) is 0 Å². The first-order valence-corrected chi connectivity index (χ1v) is 7.12. The van der Waals surface area contributed by atoms with Crippen molar-refractivity contribution in [1.29, 1.82) is 0 Å². The Bertz CT molecular complexity index is 731. The number of benzene rings is 2. The molecule has 102 valence electrons. The van der Waals surface area contributed by atoms with Crippen LogP contribution in [-0.2, 0) is 6.42 Å². The first-order chi connectivity index (χ1) is 9.66.